The fourth-order valence-corrected chi connectivity index (χ4v) is 3.48. The number of allylic oxidation sites excluding steroid dienone is 1. The molecule has 1 aliphatic heterocycles. The van der Waals surface area contributed by atoms with Gasteiger partial charge in [0.05, 0.1) is 0 Å². The molecule has 0 spiro atoms. The lowest BCUT2D eigenvalue weighted by Crippen LogP contribution is -2.45. The van der Waals surface area contributed by atoms with E-state index < -0.39 is 5.60 Å². The summed E-state index contributed by atoms with van der Waals surface area (Å²) in [4.78, 5) is 13.9. The van der Waals surface area contributed by atoms with E-state index in [4.69, 9.17) is 10.1 Å². The van der Waals surface area contributed by atoms with Crippen molar-refractivity contribution in [3.63, 3.8) is 0 Å². The molecule has 2 fully saturated rings. The number of ether oxygens (including phenoxy) is 1. The van der Waals surface area contributed by atoms with Crippen LogP contribution in [0.4, 0.5) is 4.79 Å². The molecule has 1 saturated carbocycles. The van der Waals surface area contributed by atoms with Gasteiger partial charge < -0.3 is 20.4 Å². The van der Waals surface area contributed by atoms with Gasteiger partial charge in [0.2, 0.25) is 0 Å². The van der Waals surface area contributed by atoms with Gasteiger partial charge in [0.15, 0.2) is 0 Å². The molecule has 0 aromatic rings. The van der Waals surface area contributed by atoms with Crippen LogP contribution in [0.2, 0.25) is 0 Å². The Balaban J connectivity index is 1.78. The van der Waals surface area contributed by atoms with Gasteiger partial charge in [-0.05, 0) is 57.9 Å². The molecular formula is C19H33N3O2. The van der Waals surface area contributed by atoms with Crippen LogP contribution in [0.25, 0.3) is 0 Å². The molecule has 5 nitrogen and oxygen atoms in total. The van der Waals surface area contributed by atoms with Crippen LogP contribution >= 0.6 is 0 Å². The molecule has 1 saturated heterocycles. The van der Waals surface area contributed by atoms with Crippen molar-refractivity contribution < 1.29 is 9.53 Å². The van der Waals surface area contributed by atoms with Crippen molar-refractivity contribution in [2.45, 2.75) is 77.4 Å². The van der Waals surface area contributed by atoms with E-state index in [1.807, 2.05) is 20.8 Å². The summed E-state index contributed by atoms with van der Waals surface area (Å²) in [5.74, 6) is 0.547. The number of carbonyl (C=O) groups excluding carboxylic acids is 1. The molecule has 0 atom stereocenters. The topological polar surface area (TPSA) is 65.4 Å². The van der Waals surface area contributed by atoms with Crippen molar-refractivity contribution in [1.29, 1.82) is 5.41 Å². The number of carbonyl (C=O) groups is 1. The van der Waals surface area contributed by atoms with Crippen molar-refractivity contribution in [2.24, 2.45) is 5.92 Å². The zero-order valence-corrected chi connectivity index (χ0v) is 15.4. The highest BCUT2D eigenvalue weighted by molar-refractivity contribution is 5.76. The van der Waals surface area contributed by atoms with E-state index >= 15 is 0 Å². The smallest absolute Gasteiger partial charge is 0.410 e. The third kappa shape index (κ3) is 5.84. The van der Waals surface area contributed by atoms with E-state index in [9.17, 15) is 4.79 Å². The van der Waals surface area contributed by atoms with Crippen LogP contribution in [-0.4, -0.2) is 41.9 Å². The molecule has 2 rings (SSSR count). The van der Waals surface area contributed by atoms with E-state index in [-0.39, 0.29) is 6.09 Å². The van der Waals surface area contributed by atoms with E-state index in [0.717, 1.165) is 31.5 Å². The lowest BCUT2D eigenvalue weighted by Gasteiger charge is -2.33. The molecule has 0 radical (unpaired) electrons. The van der Waals surface area contributed by atoms with Gasteiger partial charge in [-0.3, -0.25) is 0 Å². The van der Waals surface area contributed by atoms with E-state index in [0.29, 0.717) is 12.0 Å². The van der Waals surface area contributed by atoms with Crippen molar-refractivity contribution in [3.05, 3.63) is 11.8 Å². The third-order valence-electron chi connectivity index (χ3n) is 4.88. The van der Waals surface area contributed by atoms with Crippen LogP contribution in [0.1, 0.15) is 65.7 Å². The van der Waals surface area contributed by atoms with Gasteiger partial charge in [0, 0.05) is 31.5 Å². The molecular weight excluding hydrogens is 302 g/mol. The quantitative estimate of drug-likeness (QED) is 0.761. The highest BCUT2D eigenvalue weighted by atomic mass is 16.6. The Morgan fingerprint density at radius 3 is 2.29 bits per heavy atom. The minimum Gasteiger partial charge on any atom is -0.444 e. The van der Waals surface area contributed by atoms with Crippen molar-refractivity contribution >= 4 is 12.3 Å². The Morgan fingerprint density at radius 2 is 1.75 bits per heavy atom. The number of amides is 1. The molecule has 136 valence electrons. The molecule has 0 unspecified atom stereocenters. The predicted octanol–water partition coefficient (Wildman–Crippen LogP) is 4.09. The Kier molecular flexibility index (Phi) is 6.69. The molecule has 0 aromatic heterocycles. The fourth-order valence-electron chi connectivity index (χ4n) is 3.48. The Morgan fingerprint density at radius 1 is 1.12 bits per heavy atom. The van der Waals surface area contributed by atoms with Crippen LogP contribution in [-0.2, 0) is 4.74 Å². The first kappa shape index (κ1) is 18.8. The number of hydrogen-bond acceptors (Lipinski definition) is 4. The number of nitrogens with zero attached hydrogens (tertiary/aromatic N) is 1. The summed E-state index contributed by atoms with van der Waals surface area (Å²) < 4.78 is 5.43. The van der Waals surface area contributed by atoms with Crippen molar-refractivity contribution in [1.82, 2.24) is 10.2 Å². The van der Waals surface area contributed by atoms with E-state index in [2.05, 4.69) is 11.5 Å². The Bertz CT molecular complexity index is 454. The predicted molar refractivity (Wildman–Crippen MR) is 97.4 cm³/mol. The summed E-state index contributed by atoms with van der Waals surface area (Å²) in [6, 6.07) is 0.377. The summed E-state index contributed by atoms with van der Waals surface area (Å²) in [6.07, 6.45) is 11.5. The first-order valence-electron chi connectivity index (χ1n) is 9.33. The van der Waals surface area contributed by atoms with E-state index in [1.54, 1.807) is 4.90 Å². The Labute approximate surface area is 146 Å². The van der Waals surface area contributed by atoms with Crippen LogP contribution in [0.15, 0.2) is 11.8 Å². The van der Waals surface area contributed by atoms with Crippen LogP contribution in [0, 0.1) is 11.3 Å². The van der Waals surface area contributed by atoms with Crippen molar-refractivity contribution in [2.75, 3.05) is 13.1 Å². The maximum atomic E-state index is 12.1. The minimum atomic E-state index is -0.437. The zero-order chi connectivity index (χ0) is 17.6. The summed E-state index contributed by atoms with van der Waals surface area (Å²) in [5.41, 5.74) is 0.692. The zero-order valence-electron chi connectivity index (χ0n) is 15.4. The van der Waals surface area contributed by atoms with Crippen LogP contribution < -0.4 is 5.32 Å². The standard InChI is InChI=1S/C19H33N3O2/c1-19(2,3)24-18(23)22-11-9-17(10-12-22)21-14-16(13-20)15-7-5-4-6-8-15/h13-15,17,20-21H,4-12H2,1-3H3/b16-14+,20-13?. The molecule has 2 N–H and O–H groups in total. The first-order chi connectivity index (χ1) is 11.4. The summed E-state index contributed by atoms with van der Waals surface area (Å²) in [7, 11) is 0. The maximum absolute atomic E-state index is 12.1. The molecule has 5 heteroatoms. The fraction of sp³-hybridized carbons (Fsp3) is 0.789. The molecule has 0 bridgehead atoms. The van der Waals surface area contributed by atoms with Gasteiger partial charge in [0.1, 0.15) is 5.60 Å². The normalized spacial score (nSPS) is 21.5. The number of piperidine rings is 1. The van der Waals surface area contributed by atoms with Crippen LogP contribution in [0.5, 0.6) is 0 Å². The van der Waals surface area contributed by atoms with Gasteiger partial charge >= 0.3 is 6.09 Å². The number of nitrogens with one attached hydrogen (secondary N) is 2. The van der Waals surface area contributed by atoms with Gasteiger partial charge in [-0.2, -0.15) is 0 Å². The highest BCUT2D eigenvalue weighted by Gasteiger charge is 2.26. The number of rotatable bonds is 4. The molecule has 1 aliphatic carbocycles. The monoisotopic (exact) mass is 335 g/mol. The summed E-state index contributed by atoms with van der Waals surface area (Å²) >= 11 is 0. The molecule has 0 aromatic carbocycles. The largest absolute Gasteiger partial charge is 0.444 e. The van der Waals surface area contributed by atoms with E-state index in [1.165, 1.54) is 38.3 Å². The molecule has 2 aliphatic rings. The summed E-state index contributed by atoms with van der Waals surface area (Å²) in [6.45, 7) is 7.14. The molecule has 1 amide bonds. The summed E-state index contributed by atoms with van der Waals surface area (Å²) in [5, 5.41) is 11.2. The average molecular weight is 335 g/mol. The third-order valence-corrected chi connectivity index (χ3v) is 4.88. The second kappa shape index (κ2) is 8.54. The SMILES string of the molecule is CC(C)(C)OC(=O)N1CCC(N/C=C(\C=N)C2CCCCC2)CC1. The van der Waals surface area contributed by atoms with Crippen molar-refractivity contribution in [3.8, 4) is 0 Å². The lowest BCUT2D eigenvalue weighted by atomic mass is 9.84. The molecule has 24 heavy (non-hydrogen) atoms. The average Bonchev–Trinajstić information content (AvgIpc) is 2.55. The Hall–Kier alpha value is -1.52. The first-order valence-corrected chi connectivity index (χ1v) is 9.33. The van der Waals surface area contributed by atoms with Gasteiger partial charge in [-0.15, -0.1) is 0 Å². The van der Waals surface area contributed by atoms with Gasteiger partial charge in [-0.1, -0.05) is 19.3 Å². The second-order valence-electron chi connectivity index (χ2n) is 8.03. The minimum absolute atomic E-state index is 0.209. The number of likely N-dealkylation sites (tertiary alicyclic amines) is 1. The highest BCUT2D eigenvalue weighted by Crippen LogP contribution is 2.28. The van der Waals surface area contributed by atoms with Gasteiger partial charge in [0.25, 0.3) is 0 Å². The van der Waals surface area contributed by atoms with Crippen LogP contribution in [0.3, 0.4) is 0 Å². The number of hydrogen-bond donors (Lipinski definition) is 2. The second-order valence-corrected chi connectivity index (χ2v) is 8.03. The lowest BCUT2D eigenvalue weighted by molar-refractivity contribution is 0.0201. The van der Waals surface area contributed by atoms with Gasteiger partial charge in [-0.25, -0.2) is 4.79 Å². The molecule has 1 heterocycles. The maximum Gasteiger partial charge on any atom is 0.410 e.